The Hall–Kier alpha value is -1.19. The van der Waals surface area contributed by atoms with Gasteiger partial charge in [0.15, 0.2) is 5.78 Å². The van der Waals surface area contributed by atoms with Crippen molar-refractivity contribution in [2.24, 2.45) is 0 Å². The molecule has 0 saturated carbocycles. The smallest absolute Gasteiger partial charge is 0.162 e. The molecule has 1 aromatic rings. The van der Waals surface area contributed by atoms with Crippen molar-refractivity contribution in [2.45, 2.75) is 26.8 Å². The molecule has 1 saturated heterocycles. The molecule has 0 aliphatic carbocycles. The number of aryl methyl sites for hydroxylation is 1. The highest BCUT2D eigenvalue weighted by molar-refractivity contribution is 5.96. The number of rotatable bonds is 4. The Morgan fingerprint density at radius 3 is 2.67 bits per heavy atom. The van der Waals surface area contributed by atoms with Crippen molar-refractivity contribution in [2.75, 3.05) is 26.3 Å². The van der Waals surface area contributed by atoms with Crippen LogP contribution in [0.1, 0.15) is 34.8 Å². The van der Waals surface area contributed by atoms with Crippen LogP contribution >= 0.6 is 0 Å². The van der Waals surface area contributed by atoms with Gasteiger partial charge >= 0.3 is 0 Å². The van der Waals surface area contributed by atoms with E-state index in [9.17, 15) is 4.79 Å². The average molecular weight is 247 g/mol. The third kappa shape index (κ3) is 3.18. The maximum absolute atomic E-state index is 11.6. The third-order valence-corrected chi connectivity index (χ3v) is 3.48. The van der Waals surface area contributed by atoms with Gasteiger partial charge in [-0.1, -0.05) is 19.1 Å². The van der Waals surface area contributed by atoms with Crippen molar-refractivity contribution in [3.8, 4) is 0 Å². The van der Waals surface area contributed by atoms with Crippen molar-refractivity contribution in [3.63, 3.8) is 0 Å². The molecule has 1 aromatic carbocycles. The molecule has 98 valence electrons. The summed E-state index contributed by atoms with van der Waals surface area (Å²) in [5.74, 6) is 0.219. The Kier molecular flexibility index (Phi) is 4.50. The Labute approximate surface area is 109 Å². The fourth-order valence-corrected chi connectivity index (χ4v) is 2.25. The number of hydrogen-bond donors (Lipinski definition) is 0. The van der Waals surface area contributed by atoms with Gasteiger partial charge in [0.25, 0.3) is 0 Å². The lowest BCUT2D eigenvalue weighted by atomic mass is 10.0. The van der Waals surface area contributed by atoms with E-state index in [1.165, 1.54) is 11.1 Å². The third-order valence-electron chi connectivity index (χ3n) is 3.48. The molecule has 1 aliphatic rings. The van der Waals surface area contributed by atoms with Crippen LogP contribution in [0, 0.1) is 6.92 Å². The first-order valence-corrected chi connectivity index (χ1v) is 6.63. The summed E-state index contributed by atoms with van der Waals surface area (Å²) in [6, 6.07) is 6.06. The molecule has 0 N–H and O–H groups in total. The molecule has 2 rings (SSSR count). The number of Topliss-reactive ketones (excluding diaryl/α,β-unsaturated/α-hetero) is 1. The molecule has 18 heavy (non-hydrogen) atoms. The van der Waals surface area contributed by atoms with Crippen molar-refractivity contribution in [3.05, 3.63) is 34.9 Å². The van der Waals surface area contributed by atoms with Crippen molar-refractivity contribution in [1.29, 1.82) is 0 Å². The Morgan fingerprint density at radius 1 is 1.33 bits per heavy atom. The zero-order valence-electron chi connectivity index (χ0n) is 11.2. The van der Waals surface area contributed by atoms with Crippen LogP contribution in [0.4, 0.5) is 0 Å². The van der Waals surface area contributed by atoms with E-state index in [2.05, 4.69) is 17.9 Å². The predicted octanol–water partition coefficient (Wildman–Crippen LogP) is 2.42. The van der Waals surface area contributed by atoms with E-state index < -0.39 is 0 Å². The molecule has 0 radical (unpaired) electrons. The van der Waals surface area contributed by atoms with E-state index in [1.54, 1.807) is 0 Å². The monoisotopic (exact) mass is 247 g/mol. The zero-order chi connectivity index (χ0) is 13.0. The second-order valence-electron chi connectivity index (χ2n) is 4.81. The van der Waals surface area contributed by atoms with E-state index in [-0.39, 0.29) is 5.78 Å². The van der Waals surface area contributed by atoms with Crippen LogP contribution < -0.4 is 0 Å². The summed E-state index contributed by atoms with van der Waals surface area (Å²) in [5.41, 5.74) is 3.35. The van der Waals surface area contributed by atoms with Gasteiger partial charge in [-0.2, -0.15) is 0 Å². The normalized spacial score (nSPS) is 16.8. The van der Waals surface area contributed by atoms with E-state index in [0.717, 1.165) is 38.4 Å². The molecule has 0 bridgehead atoms. The molecular formula is C15H21NO2. The van der Waals surface area contributed by atoms with Crippen molar-refractivity contribution < 1.29 is 9.53 Å². The first kappa shape index (κ1) is 13.2. The summed E-state index contributed by atoms with van der Waals surface area (Å²) in [5, 5.41) is 0. The molecule has 1 heterocycles. The lowest BCUT2D eigenvalue weighted by Crippen LogP contribution is -2.35. The molecule has 0 amide bonds. The summed E-state index contributed by atoms with van der Waals surface area (Å²) in [6.45, 7) is 8.58. The van der Waals surface area contributed by atoms with Crippen molar-refractivity contribution >= 4 is 5.78 Å². The molecule has 0 unspecified atom stereocenters. The van der Waals surface area contributed by atoms with Crippen LogP contribution in [0.3, 0.4) is 0 Å². The fourth-order valence-electron chi connectivity index (χ4n) is 2.25. The Morgan fingerprint density at radius 2 is 2.06 bits per heavy atom. The largest absolute Gasteiger partial charge is 0.379 e. The number of ketones is 1. The standard InChI is InChI=1S/C15H21NO2/c1-3-15(17)13-4-5-14(12(2)10-13)11-16-6-8-18-9-7-16/h4-5,10H,3,6-9,11H2,1-2H3. The molecule has 3 heteroatoms. The SMILES string of the molecule is CCC(=O)c1ccc(CN2CCOCC2)c(C)c1. The summed E-state index contributed by atoms with van der Waals surface area (Å²) in [7, 11) is 0. The molecule has 1 aliphatic heterocycles. The number of carbonyl (C=O) groups is 1. The fraction of sp³-hybridized carbons (Fsp3) is 0.533. The van der Waals surface area contributed by atoms with Crippen LogP contribution in [0.5, 0.6) is 0 Å². The van der Waals surface area contributed by atoms with Crippen LogP contribution in [0.2, 0.25) is 0 Å². The number of nitrogens with zero attached hydrogens (tertiary/aromatic N) is 1. The van der Waals surface area contributed by atoms with Gasteiger partial charge in [-0.25, -0.2) is 0 Å². The Bertz CT molecular complexity index is 423. The van der Waals surface area contributed by atoms with E-state index in [0.29, 0.717) is 6.42 Å². The van der Waals surface area contributed by atoms with Gasteiger partial charge in [0, 0.05) is 31.6 Å². The first-order valence-electron chi connectivity index (χ1n) is 6.63. The quantitative estimate of drug-likeness (QED) is 0.765. The highest BCUT2D eigenvalue weighted by Gasteiger charge is 2.12. The highest BCUT2D eigenvalue weighted by Crippen LogP contribution is 2.15. The van der Waals surface area contributed by atoms with Crippen LogP contribution in [-0.4, -0.2) is 37.0 Å². The van der Waals surface area contributed by atoms with Gasteiger partial charge in [-0.05, 0) is 24.1 Å². The number of morpholine rings is 1. The zero-order valence-corrected chi connectivity index (χ0v) is 11.2. The summed E-state index contributed by atoms with van der Waals surface area (Å²) < 4.78 is 5.35. The summed E-state index contributed by atoms with van der Waals surface area (Å²) >= 11 is 0. The van der Waals surface area contributed by atoms with E-state index in [1.807, 2.05) is 19.1 Å². The van der Waals surface area contributed by atoms with Gasteiger partial charge in [0.2, 0.25) is 0 Å². The summed E-state index contributed by atoms with van der Waals surface area (Å²) in [6.07, 6.45) is 0.572. The van der Waals surface area contributed by atoms with Crippen molar-refractivity contribution in [1.82, 2.24) is 4.90 Å². The minimum Gasteiger partial charge on any atom is -0.379 e. The van der Waals surface area contributed by atoms with E-state index >= 15 is 0 Å². The minimum absolute atomic E-state index is 0.219. The van der Waals surface area contributed by atoms with Crippen LogP contribution in [0.25, 0.3) is 0 Å². The van der Waals surface area contributed by atoms with Crippen LogP contribution in [0.15, 0.2) is 18.2 Å². The number of benzene rings is 1. The van der Waals surface area contributed by atoms with Gasteiger partial charge in [-0.15, -0.1) is 0 Å². The van der Waals surface area contributed by atoms with Gasteiger partial charge in [0.05, 0.1) is 13.2 Å². The maximum atomic E-state index is 11.6. The second kappa shape index (κ2) is 6.12. The molecular weight excluding hydrogens is 226 g/mol. The van der Waals surface area contributed by atoms with E-state index in [4.69, 9.17) is 4.74 Å². The van der Waals surface area contributed by atoms with Gasteiger partial charge < -0.3 is 4.74 Å². The summed E-state index contributed by atoms with van der Waals surface area (Å²) in [4.78, 5) is 14.0. The average Bonchev–Trinajstić information content (AvgIpc) is 2.41. The molecule has 0 spiro atoms. The maximum Gasteiger partial charge on any atom is 0.162 e. The Balaban J connectivity index is 2.07. The lowest BCUT2D eigenvalue weighted by Gasteiger charge is -2.27. The first-order chi connectivity index (χ1) is 8.70. The lowest BCUT2D eigenvalue weighted by molar-refractivity contribution is 0.0341. The van der Waals surface area contributed by atoms with Gasteiger partial charge in [0.1, 0.15) is 0 Å². The molecule has 3 nitrogen and oxygen atoms in total. The number of carbonyl (C=O) groups excluding carboxylic acids is 1. The molecule has 0 aromatic heterocycles. The molecule has 0 atom stereocenters. The highest BCUT2D eigenvalue weighted by atomic mass is 16.5. The minimum atomic E-state index is 0.219. The number of ether oxygens (including phenoxy) is 1. The molecule has 1 fully saturated rings. The van der Waals surface area contributed by atoms with Gasteiger partial charge in [-0.3, -0.25) is 9.69 Å². The predicted molar refractivity (Wildman–Crippen MR) is 71.9 cm³/mol. The number of hydrogen-bond acceptors (Lipinski definition) is 3. The topological polar surface area (TPSA) is 29.5 Å². The van der Waals surface area contributed by atoms with Crippen LogP contribution in [-0.2, 0) is 11.3 Å². The second-order valence-corrected chi connectivity index (χ2v) is 4.81.